The molecule has 0 bridgehead atoms. The Kier molecular flexibility index (Phi) is 8.28. The largest absolute Gasteiger partial charge is 0.495 e. The number of carbonyl (C=O) groups is 1. The number of nitrogens with one attached hydrogen (secondary N) is 3. The molecule has 1 amide bonds. The number of amides is 1. The SMILES string of the molecule is CN/C=C(\C(=N)C(=O)N1CC(F)(F)CC(C)C1CNc1ncc(C(F)(F)F)cn1)c1ccc(OC)cn1. The predicted molar refractivity (Wildman–Crippen MR) is 125 cm³/mol. The molecule has 2 unspecified atom stereocenters. The Morgan fingerprint density at radius 2 is 1.92 bits per heavy atom. The Balaban J connectivity index is 1.84. The molecule has 0 radical (unpaired) electrons. The van der Waals surface area contributed by atoms with E-state index < -0.39 is 54.2 Å². The van der Waals surface area contributed by atoms with E-state index in [1.165, 1.54) is 32.5 Å². The number of piperidine rings is 1. The molecule has 37 heavy (non-hydrogen) atoms. The summed E-state index contributed by atoms with van der Waals surface area (Å²) >= 11 is 0. The smallest absolute Gasteiger partial charge is 0.419 e. The van der Waals surface area contributed by atoms with Crippen molar-refractivity contribution in [1.82, 2.24) is 25.2 Å². The van der Waals surface area contributed by atoms with Crippen LogP contribution in [-0.4, -0.2) is 70.7 Å². The average Bonchev–Trinajstić information content (AvgIpc) is 2.85. The number of pyridine rings is 1. The van der Waals surface area contributed by atoms with Crippen LogP contribution in [0, 0.1) is 11.3 Å². The number of nitrogens with zero attached hydrogens (tertiary/aromatic N) is 4. The first-order valence-electron chi connectivity index (χ1n) is 11.1. The molecule has 1 aliphatic rings. The van der Waals surface area contributed by atoms with Gasteiger partial charge in [-0.15, -0.1) is 0 Å². The van der Waals surface area contributed by atoms with Crippen molar-refractivity contribution in [2.45, 2.75) is 31.5 Å². The maximum atomic E-state index is 14.5. The first kappa shape index (κ1) is 27.7. The average molecular weight is 527 g/mol. The van der Waals surface area contributed by atoms with Crippen molar-refractivity contribution in [1.29, 1.82) is 5.41 Å². The molecule has 2 atom stereocenters. The number of methoxy groups -OCH3 is 1. The van der Waals surface area contributed by atoms with Crippen molar-refractivity contribution in [3.63, 3.8) is 0 Å². The monoisotopic (exact) mass is 527 g/mol. The second kappa shape index (κ2) is 11.0. The van der Waals surface area contributed by atoms with E-state index in [4.69, 9.17) is 10.1 Å². The topological polar surface area (TPSA) is 116 Å². The molecule has 200 valence electrons. The maximum Gasteiger partial charge on any atom is 0.419 e. The summed E-state index contributed by atoms with van der Waals surface area (Å²) in [6, 6.07) is 2.29. The highest BCUT2D eigenvalue weighted by molar-refractivity contribution is 6.54. The molecule has 3 N–H and O–H groups in total. The Bertz CT molecular complexity index is 1140. The van der Waals surface area contributed by atoms with Gasteiger partial charge in [-0.2, -0.15) is 13.2 Å². The highest BCUT2D eigenvalue weighted by Gasteiger charge is 2.47. The van der Waals surface area contributed by atoms with E-state index in [9.17, 15) is 26.7 Å². The summed E-state index contributed by atoms with van der Waals surface area (Å²) in [6.45, 7) is 0.488. The van der Waals surface area contributed by atoms with E-state index in [0.717, 1.165) is 4.90 Å². The van der Waals surface area contributed by atoms with Crippen LogP contribution in [-0.2, 0) is 11.0 Å². The van der Waals surface area contributed by atoms with Gasteiger partial charge in [0.2, 0.25) is 5.95 Å². The van der Waals surface area contributed by atoms with Crippen LogP contribution in [0.1, 0.15) is 24.6 Å². The van der Waals surface area contributed by atoms with Crippen LogP contribution in [0.25, 0.3) is 5.57 Å². The van der Waals surface area contributed by atoms with Crippen LogP contribution < -0.4 is 15.4 Å². The van der Waals surface area contributed by atoms with Crippen LogP contribution in [0.15, 0.2) is 36.9 Å². The molecular formula is C23H26F5N7O2. The van der Waals surface area contributed by atoms with Crippen molar-refractivity contribution < 1.29 is 31.5 Å². The number of halogens is 5. The van der Waals surface area contributed by atoms with E-state index in [0.29, 0.717) is 18.1 Å². The van der Waals surface area contributed by atoms with Gasteiger partial charge in [-0.25, -0.2) is 18.7 Å². The normalized spacial score (nSPS) is 19.8. The molecule has 1 fully saturated rings. The number of ether oxygens (including phenoxy) is 1. The molecule has 0 spiro atoms. The molecule has 3 heterocycles. The molecule has 1 saturated heterocycles. The van der Waals surface area contributed by atoms with E-state index in [1.54, 1.807) is 13.1 Å². The van der Waals surface area contributed by atoms with Gasteiger partial charge < -0.3 is 20.3 Å². The first-order valence-corrected chi connectivity index (χ1v) is 11.1. The molecule has 0 aliphatic carbocycles. The summed E-state index contributed by atoms with van der Waals surface area (Å²) in [5.41, 5.74) is -1.27. The maximum absolute atomic E-state index is 14.5. The summed E-state index contributed by atoms with van der Waals surface area (Å²) in [4.78, 5) is 25.7. The zero-order valence-corrected chi connectivity index (χ0v) is 20.2. The number of aromatic nitrogens is 3. The Morgan fingerprint density at radius 3 is 2.46 bits per heavy atom. The zero-order chi connectivity index (χ0) is 27.4. The van der Waals surface area contributed by atoms with Crippen molar-refractivity contribution in [3.8, 4) is 5.75 Å². The number of hydrogen-bond acceptors (Lipinski definition) is 8. The number of alkyl halides is 5. The number of carbonyl (C=O) groups excluding carboxylic acids is 1. The van der Waals surface area contributed by atoms with Gasteiger partial charge in [0.15, 0.2) is 0 Å². The molecular weight excluding hydrogens is 501 g/mol. The van der Waals surface area contributed by atoms with Gasteiger partial charge in [-0.1, -0.05) is 6.92 Å². The van der Waals surface area contributed by atoms with Crippen LogP contribution in [0.3, 0.4) is 0 Å². The Morgan fingerprint density at radius 1 is 1.24 bits per heavy atom. The van der Waals surface area contributed by atoms with Gasteiger partial charge in [0, 0.05) is 44.2 Å². The molecule has 1 aliphatic heterocycles. The molecule has 9 nitrogen and oxygen atoms in total. The van der Waals surface area contributed by atoms with E-state index in [1.807, 2.05) is 0 Å². The minimum absolute atomic E-state index is 0.0782. The fourth-order valence-electron chi connectivity index (χ4n) is 3.98. The van der Waals surface area contributed by atoms with Crippen LogP contribution >= 0.6 is 0 Å². The zero-order valence-electron chi connectivity index (χ0n) is 20.2. The second-order valence-electron chi connectivity index (χ2n) is 8.52. The van der Waals surface area contributed by atoms with E-state index in [2.05, 4.69) is 25.6 Å². The van der Waals surface area contributed by atoms with Crippen molar-refractivity contribution >= 4 is 23.1 Å². The molecule has 2 aromatic heterocycles. The third kappa shape index (κ3) is 6.68. The third-order valence-electron chi connectivity index (χ3n) is 5.81. The quantitative estimate of drug-likeness (QED) is 0.356. The third-order valence-corrected chi connectivity index (χ3v) is 5.81. The van der Waals surface area contributed by atoms with Gasteiger partial charge in [-0.05, 0) is 18.1 Å². The summed E-state index contributed by atoms with van der Waals surface area (Å²) in [5.74, 6) is -4.56. The lowest BCUT2D eigenvalue weighted by Gasteiger charge is -2.43. The fourth-order valence-corrected chi connectivity index (χ4v) is 3.98. The van der Waals surface area contributed by atoms with E-state index >= 15 is 0 Å². The second-order valence-corrected chi connectivity index (χ2v) is 8.52. The molecule has 2 aromatic rings. The number of rotatable bonds is 8. The highest BCUT2D eigenvalue weighted by atomic mass is 19.4. The van der Waals surface area contributed by atoms with Crippen LogP contribution in [0.2, 0.25) is 0 Å². The first-order chi connectivity index (χ1) is 17.4. The minimum Gasteiger partial charge on any atom is -0.495 e. The van der Waals surface area contributed by atoms with E-state index in [-0.39, 0.29) is 23.8 Å². The number of anilines is 1. The highest BCUT2D eigenvalue weighted by Crippen LogP contribution is 2.35. The predicted octanol–water partition coefficient (Wildman–Crippen LogP) is 3.46. The summed E-state index contributed by atoms with van der Waals surface area (Å²) < 4.78 is 72.4. The van der Waals surface area contributed by atoms with Crippen molar-refractivity contribution in [3.05, 3.63) is 48.2 Å². The summed E-state index contributed by atoms with van der Waals surface area (Å²) in [6.07, 6.45) is -1.16. The molecule has 0 aromatic carbocycles. The van der Waals surface area contributed by atoms with Gasteiger partial charge in [-0.3, -0.25) is 15.2 Å². The summed E-state index contributed by atoms with van der Waals surface area (Å²) in [5, 5.41) is 14.0. The van der Waals surface area contributed by atoms with Crippen LogP contribution in [0.4, 0.5) is 27.9 Å². The Labute approximate surface area is 209 Å². The molecule has 0 saturated carbocycles. The summed E-state index contributed by atoms with van der Waals surface area (Å²) in [7, 11) is 3.00. The van der Waals surface area contributed by atoms with Crippen molar-refractivity contribution in [2.24, 2.45) is 5.92 Å². The lowest BCUT2D eigenvalue weighted by atomic mass is 9.87. The fraction of sp³-hybridized carbons (Fsp3) is 0.435. The molecule has 14 heteroatoms. The minimum atomic E-state index is -4.61. The number of likely N-dealkylation sites (tertiary alicyclic amines) is 1. The van der Waals surface area contributed by atoms with Gasteiger partial charge in [0.25, 0.3) is 11.8 Å². The van der Waals surface area contributed by atoms with Gasteiger partial charge >= 0.3 is 6.18 Å². The number of hydrogen-bond donors (Lipinski definition) is 3. The molecule has 3 rings (SSSR count). The van der Waals surface area contributed by atoms with Gasteiger partial charge in [0.1, 0.15) is 11.5 Å². The van der Waals surface area contributed by atoms with Gasteiger partial charge in [0.05, 0.1) is 37.2 Å². The Hall–Kier alpha value is -3.84. The van der Waals surface area contributed by atoms with Crippen molar-refractivity contribution in [2.75, 3.05) is 32.6 Å². The standard InChI is InChI=1S/C23H26F5N7O2/c1-13-6-22(24,25)12-35(18(13)11-34-21-32-7-14(8-33-21)23(26,27)28)20(36)19(29)16(10-30-2)17-5-4-15(37-3)9-31-17/h4-5,7-10,13,18,29-30H,6,11-12H2,1-3H3,(H,32,33,34)/b16-10-,29-19?. The lowest BCUT2D eigenvalue weighted by molar-refractivity contribution is -0.145. The van der Waals surface area contributed by atoms with Crippen LogP contribution in [0.5, 0.6) is 5.75 Å². The lowest BCUT2D eigenvalue weighted by Crippen LogP contribution is -2.59.